The number of benzene rings is 2. The minimum absolute atomic E-state index is 0.0781. The highest BCUT2D eigenvalue weighted by Crippen LogP contribution is 2.34. The van der Waals surface area contributed by atoms with E-state index in [1.165, 1.54) is 0 Å². The van der Waals surface area contributed by atoms with Crippen molar-refractivity contribution in [2.24, 2.45) is 0 Å². The lowest BCUT2D eigenvalue weighted by Crippen LogP contribution is -2.49. The van der Waals surface area contributed by atoms with Gasteiger partial charge >= 0.3 is 6.18 Å². The third-order valence-electron chi connectivity index (χ3n) is 6.92. The normalized spacial score (nSPS) is 17.6. The summed E-state index contributed by atoms with van der Waals surface area (Å²) in [5, 5.41) is 5.71. The van der Waals surface area contributed by atoms with Crippen molar-refractivity contribution in [3.05, 3.63) is 71.3 Å². The lowest BCUT2D eigenvalue weighted by atomic mass is 9.88. The molecule has 2 N–H and O–H groups in total. The van der Waals surface area contributed by atoms with E-state index in [1.54, 1.807) is 12.1 Å². The van der Waals surface area contributed by atoms with Crippen molar-refractivity contribution < 1.29 is 22.8 Å². The van der Waals surface area contributed by atoms with Crippen LogP contribution in [0.1, 0.15) is 41.0 Å². The Kier molecular flexibility index (Phi) is 7.68. The number of piperidine rings is 1. The Labute approximate surface area is 209 Å². The molecule has 2 aromatic rings. The molecule has 0 unspecified atom stereocenters. The van der Waals surface area contributed by atoms with Crippen molar-refractivity contribution in [3.63, 3.8) is 0 Å². The number of likely N-dealkylation sites (tertiary alicyclic amines) is 1. The predicted molar refractivity (Wildman–Crippen MR) is 133 cm³/mol. The second kappa shape index (κ2) is 10.7. The molecule has 2 fully saturated rings. The maximum Gasteiger partial charge on any atom is 0.416 e. The largest absolute Gasteiger partial charge is 0.416 e. The van der Waals surface area contributed by atoms with Gasteiger partial charge in [-0.1, -0.05) is 30.8 Å². The molecule has 0 aromatic heterocycles. The van der Waals surface area contributed by atoms with Gasteiger partial charge in [-0.2, -0.15) is 13.2 Å². The fourth-order valence-corrected chi connectivity index (χ4v) is 4.77. The third kappa shape index (κ3) is 6.26. The average molecular weight is 501 g/mol. The van der Waals surface area contributed by atoms with E-state index in [4.69, 9.17) is 0 Å². The molecule has 0 spiro atoms. The molecule has 9 heteroatoms. The molecule has 2 saturated heterocycles. The van der Waals surface area contributed by atoms with Crippen LogP contribution in [0.25, 0.3) is 5.70 Å². The molecule has 2 aliphatic heterocycles. The van der Waals surface area contributed by atoms with Crippen molar-refractivity contribution >= 4 is 23.2 Å². The van der Waals surface area contributed by atoms with Crippen LogP contribution in [0.3, 0.4) is 0 Å². The lowest BCUT2D eigenvalue weighted by Gasteiger charge is -2.35. The SMILES string of the molecule is C=C(c1ccc(C)c(NC(=O)CN2CCNC(=O)C2)c1)N1CCC(c2ccc(C(F)(F)F)cc2)CC1. The molecular weight excluding hydrogens is 469 g/mol. The van der Waals surface area contributed by atoms with Gasteiger partial charge in [-0.05, 0) is 60.6 Å². The Morgan fingerprint density at radius 2 is 1.81 bits per heavy atom. The zero-order valence-electron chi connectivity index (χ0n) is 20.3. The molecule has 0 bridgehead atoms. The number of amides is 2. The molecule has 2 aliphatic rings. The fraction of sp³-hybridized carbons (Fsp3) is 0.407. The molecule has 4 rings (SSSR count). The van der Waals surface area contributed by atoms with Gasteiger partial charge in [-0.25, -0.2) is 0 Å². The van der Waals surface area contributed by atoms with E-state index < -0.39 is 11.7 Å². The smallest absolute Gasteiger partial charge is 0.371 e. The van der Waals surface area contributed by atoms with Crippen molar-refractivity contribution in [1.82, 2.24) is 15.1 Å². The van der Waals surface area contributed by atoms with Gasteiger partial charge in [-0.3, -0.25) is 14.5 Å². The summed E-state index contributed by atoms with van der Waals surface area (Å²) in [5.41, 5.74) is 3.70. The van der Waals surface area contributed by atoms with Crippen LogP contribution in [0, 0.1) is 6.92 Å². The Bertz CT molecular complexity index is 1120. The highest BCUT2D eigenvalue weighted by Gasteiger charge is 2.30. The summed E-state index contributed by atoms with van der Waals surface area (Å²) in [6, 6.07) is 11.3. The monoisotopic (exact) mass is 500 g/mol. The first-order chi connectivity index (χ1) is 17.1. The highest BCUT2D eigenvalue weighted by molar-refractivity contribution is 5.94. The quantitative estimate of drug-likeness (QED) is 0.623. The molecule has 0 saturated carbocycles. The van der Waals surface area contributed by atoms with E-state index in [0.717, 1.165) is 60.5 Å². The first kappa shape index (κ1) is 25.8. The summed E-state index contributed by atoms with van der Waals surface area (Å²) in [4.78, 5) is 28.1. The Hall–Kier alpha value is -3.33. The summed E-state index contributed by atoms with van der Waals surface area (Å²) < 4.78 is 38.5. The summed E-state index contributed by atoms with van der Waals surface area (Å²) in [7, 11) is 0. The van der Waals surface area contributed by atoms with E-state index in [0.29, 0.717) is 18.8 Å². The first-order valence-electron chi connectivity index (χ1n) is 12.1. The van der Waals surface area contributed by atoms with Crippen molar-refractivity contribution in [3.8, 4) is 0 Å². The van der Waals surface area contributed by atoms with Crippen molar-refractivity contribution in [2.75, 3.05) is 44.6 Å². The number of alkyl halides is 3. The van der Waals surface area contributed by atoms with Crippen LogP contribution in [0.5, 0.6) is 0 Å². The fourth-order valence-electron chi connectivity index (χ4n) is 4.77. The van der Waals surface area contributed by atoms with Gasteiger partial charge in [0.15, 0.2) is 0 Å². The Balaban J connectivity index is 1.34. The number of nitrogens with one attached hydrogen (secondary N) is 2. The van der Waals surface area contributed by atoms with E-state index in [2.05, 4.69) is 22.1 Å². The minimum Gasteiger partial charge on any atom is -0.371 e. The summed E-state index contributed by atoms with van der Waals surface area (Å²) in [6.07, 6.45) is -2.68. The summed E-state index contributed by atoms with van der Waals surface area (Å²) in [5.74, 6) is -0.0420. The first-order valence-corrected chi connectivity index (χ1v) is 12.1. The molecule has 0 atom stereocenters. The van der Waals surface area contributed by atoms with Gasteiger partial charge in [0.05, 0.1) is 18.7 Å². The molecule has 2 amide bonds. The van der Waals surface area contributed by atoms with Crippen LogP contribution < -0.4 is 10.6 Å². The van der Waals surface area contributed by atoms with Crippen LogP contribution in [0.15, 0.2) is 49.0 Å². The van der Waals surface area contributed by atoms with Crippen molar-refractivity contribution in [1.29, 1.82) is 0 Å². The Morgan fingerprint density at radius 1 is 1.11 bits per heavy atom. The average Bonchev–Trinajstić information content (AvgIpc) is 2.84. The zero-order chi connectivity index (χ0) is 25.9. The Morgan fingerprint density at radius 3 is 2.44 bits per heavy atom. The predicted octanol–water partition coefficient (Wildman–Crippen LogP) is 4.23. The van der Waals surface area contributed by atoms with Crippen LogP contribution in [-0.4, -0.2) is 60.9 Å². The van der Waals surface area contributed by atoms with E-state index in [1.807, 2.05) is 30.0 Å². The van der Waals surface area contributed by atoms with E-state index >= 15 is 0 Å². The molecule has 36 heavy (non-hydrogen) atoms. The standard InChI is InChI=1S/C27H31F3N4O2/c1-18-3-4-22(15-24(18)32-26(36)17-33-14-11-31-25(35)16-33)19(2)34-12-9-21(10-13-34)20-5-7-23(8-6-20)27(28,29)30/h3-8,15,21H,2,9-14,16-17H2,1H3,(H,31,35)(H,32,36). The van der Waals surface area contributed by atoms with Gasteiger partial charge in [0.25, 0.3) is 0 Å². The zero-order valence-corrected chi connectivity index (χ0v) is 20.3. The number of aryl methyl sites for hydroxylation is 1. The molecule has 0 radical (unpaired) electrons. The van der Waals surface area contributed by atoms with Crippen LogP contribution >= 0.6 is 0 Å². The number of rotatable bonds is 6. The minimum atomic E-state index is -4.32. The number of hydrogen-bond donors (Lipinski definition) is 2. The lowest BCUT2D eigenvalue weighted by molar-refractivity contribution is -0.137. The van der Waals surface area contributed by atoms with Gasteiger partial charge in [-0.15, -0.1) is 0 Å². The van der Waals surface area contributed by atoms with Crippen LogP contribution in [-0.2, 0) is 15.8 Å². The maximum absolute atomic E-state index is 12.8. The van der Waals surface area contributed by atoms with E-state index in [9.17, 15) is 22.8 Å². The number of carbonyl (C=O) groups is 2. The number of hydrogen-bond acceptors (Lipinski definition) is 4. The van der Waals surface area contributed by atoms with Crippen molar-refractivity contribution in [2.45, 2.75) is 31.9 Å². The number of anilines is 1. The topological polar surface area (TPSA) is 64.7 Å². The van der Waals surface area contributed by atoms with Gasteiger partial charge in [0, 0.05) is 37.6 Å². The van der Waals surface area contributed by atoms with Crippen LogP contribution in [0.2, 0.25) is 0 Å². The van der Waals surface area contributed by atoms with Gasteiger partial charge < -0.3 is 15.5 Å². The molecule has 6 nitrogen and oxygen atoms in total. The van der Waals surface area contributed by atoms with E-state index in [-0.39, 0.29) is 30.8 Å². The summed E-state index contributed by atoms with van der Waals surface area (Å²) in [6.45, 7) is 9.23. The third-order valence-corrected chi connectivity index (χ3v) is 6.92. The van der Waals surface area contributed by atoms with Crippen LogP contribution in [0.4, 0.5) is 18.9 Å². The molecule has 192 valence electrons. The summed E-state index contributed by atoms with van der Waals surface area (Å²) >= 11 is 0. The number of nitrogens with zero attached hydrogens (tertiary/aromatic N) is 2. The molecule has 2 aromatic carbocycles. The van der Waals surface area contributed by atoms with Gasteiger partial charge in [0.1, 0.15) is 0 Å². The molecular formula is C27H31F3N4O2. The highest BCUT2D eigenvalue weighted by atomic mass is 19.4. The number of halogens is 3. The number of carbonyl (C=O) groups excluding carboxylic acids is 2. The second-order valence-corrected chi connectivity index (χ2v) is 9.47. The molecule has 0 aliphatic carbocycles. The molecule has 2 heterocycles. The maximum atomic E-state index is 12.8. The van der Waals surface area contributed by atoms with Gasteiger partial charge in [0.2, 0.25) is 11.8 Å². The number of piperazine rings is 1. The second-order valence-electron chi connectivity index (χ2n) is 9.47.